The summed E-state index contributed by atoms with van der Waals surface area (Å²) >= 11 is 16.2. The van der Waals surface area contributed by atoms with E-state index in [1.807, 2.05) is 12.1 Å². The van der Waals surface area contributed by atoms with E-state index in [2.05, 4.69) is 21.5 Å². The van der Waals surface area contributed by atoms with Gasteiger partial charge in [-0.1, -0.05) is 11.6 Å². The van der Waals surface area contributed by atoms with Gasteiger partial charge in [0.2, 0.25) is 0 Å². The van der Waals surface area contributed by atoms with Gasteiger partial charge < -0.3 is 20.3 Å². The lowest BCUT2D eigenvalue weighted by Crippen LogP contribution is -3.14. The van der Waals surface area contributed by atoms with Gasteiger partial charge in [0.25, 0.3) is 0 Å². The van der Waals surface area contributed by atoms with E-state index >= 15 is 0 Å². The minimum Gasteiger partial charge on any atom is -0.370 e. The van der Waals surface area contributed by atoms with E-state index in [1.165, 1.54) is 4.90 Å². The number of ether oxygens (including phenoxy) is 1. The Kier molecular flexibility index (Phi) is 7.77. The molecule has 0 amide bonds. The zero-order valence-electron chi connectivity index (χ0n) is 12.7. The number of hydrogen-bond donors (Lipinski definition) is 5. The standard InChI is InChI=1S/C14H20ClN5OS2/c15-11-1-3-12(4-2-11)17-14(23)19-18-13(22)16-5-6-20-7-9-21-10-8-20/h1-4H,5-10H2,(H2,16,18,22)(H2,17,19,23)/p+1. The molecule has 0 unspecified atom stereocenters. The summed E-state index contributed by atoms with van der Waals surface area (Å²) in [7, 11) is 0. The molecule has 0 atom stereocenters. The van der Waals surface area contributed by atoms with Gasteiger partial charge in [-0.05, 0) is 48.7 Å². The summed E-state index contributed by atoms with van der Waals surface area (Å²) in [6.45, 7) is 5.59. The first-order valence-electron chi connectivity index (χ1n) is 7.41. The molecule has 1 aliphatic heterocycles. The Balaban J connectivity index is 1.58. The van der Waals surface area contributed by atoms with E-state index < -0.39 is 0 Å². The van der Waals surface area contributed by atoms with Crippen LogP contribution in [0.1, 0.15) is 0 Å². The molecule has 0 spiro atoms. The van der Waals surface area contributed by atoms with Crippen LogP contribution in [0.15, 0.2) is 24.3 Å². The fourth-order valence-corrected chi connectivity index (χ4v) is 2.56. The molecule has 0 aromatic heterocycles. The van der Waals surface area contributed by atoms with E-state index in [9.17, 15) is 0 Å². The molecule has 6 nitrogen and oxygen atoms in total. The first-order valence-corrected chi connectivity index (χ1v) is 8.60. The fraction of sp³-hybridized carbons (Fsp3) is 0.429. The number of nitrogens with one attached hydrogen (secondary N) is 5. The van der Waals surface area contributed by atoms with Gasteiger partial charge in [0.05, 0.1) is 26.3 Å². The van der Waals surface area contributed by atoms with Crippen LogP contribution in [0, 0.1) is 0 Å². The number of anilines is 1. The third kappa shape index (κ3) is 7.28. The summed E-state index contributed by atoms with van der Waals surface area (Å²) in [5.74, 6) is 0. The van der Waals surface area contributed by atoms with Crippen LogP contribution in [0.3, 0.4) is 0 Å². The van der Waals surface area contributed by atoms with Gasteiger partial charge in [0.1, 0.15) is 13.1 Å². The molecule has 1 saturated heterocycles. The van der Waals surface area contributed by atoms with E-state index in [0.717, 1.165) is 45.1 Å². The third-order valence-electron chi connectivity index (χ3n) is 3.36. The van der Waals surface area contributed by atoms with Crippen molar-refractivity contribution < 1.29 is 9.64 Å². The predicted molar refractivity (Wildman–Crippen MR) is 101 cm³/mol. The lowest BCUT2D eigenvalue weighted by atomic mass is 10.3. The Labute approximate surface area is 151 Å². The molecule has 1 aromatic carbocycles. The van der Waals surface area contributed by atoms with Crippen molar-refractivity contribution in [1.82, 2.24) is 16.2 Å². The lowest BCUT2D eigenvalue weighted by molar-refractivity contribution is -0.906. The third-order valence-corrected chi connectivity index (χ3v) is 4.06. The Morgan fingerprint density at radius 2 is 1.74 bits per heavy atom. The summed E-state index contributed by atoms with van der Waals surface area (Å²) in [6.07, 6.45) is 0. The number of morpholine rings is 1. The molecule has 0 bridgehead atoms. The van der Waals surface area contributed by atoms with Crippen molar-refractivity contribution >= 4 is 51.9 Å². The van der Waals surface area contributed by atoms with Gasteiger partial charge in [-0.3, -0.25) is 10.9 Å². The molecule has 1 fully saturated rings. The van der Waals surface area contributed by atoms with Crippen molar-refractivity contribution in [3.8, 4) is 0 Å². The molecule has 0 aliphatic carbocycles. The normalized spacial score (nSPS) is 14.8. The lowest BCUT2D eigenvalue weighted by Gasteiger charge is -2.24. The molecule has 5 N–H and O–H groups in total. The van der Waals surface area contributed by atoms with E-state index in [-0.39, 0.29) is 0 Å². The summed E-state index contributed by atoms with van der Waals surface area (Å²) in [5.41, 5.74) is 6.55. The number of thiocarbonyl (C=S) groups is 2. The van der Waals surface area contributed by atoms with Crippen LogP contribution in [0.4, 0.5) is 5.69 Å². The highest BCUT2D eigenvalue weighted by Crippen LogP contribution is 2.12. The van der Waals surface area contributed by atoms with Crippen molar-refractivity contribution in [3.05, 3.63) is 29.3 Å². The van der Waals surface area contributed by atoms with Crippen molar-refractivity contribution in [1.29, 1.82) is 0 Å². The highest BCUT2D eigenvalue weighted by Gasteiger charge is 2.12. The fourth-order valence-electron chi connectivity index (χ4n) is 2.12. The monoisotopic (exact) mass is 374 g/mol. The maximum atomic E-state index is 5.83. The number of quaternary nitrogens is 1. The molecule has 126 valence electrons. The van der Waals surface area contributed by atoms with E-state index in [1.54, 1.807) is 12.1 Å². The minimum atomic E-state index is 0.426. The molecule has 23 heavy (non-hydrogen) atoms. The number of halogens is 1. The molecular weight excluding hydrogens is 354 g/mol. The van der Waals surface area contributed by atoms with Gasteiger partial charge in [-0.15, -0.1) is 0 Å². The Morgan fingerprint density at radius 3 is 2.43 bits per heavy atom. The van der Waals surface area contributed by atoms with Crippen molar-refractivity contribution in [2.75, 3.05) is 44.7 Å². The largest absolute Gasteiger partial charge is 0.370 e. The molecular formula is C14H21ClN5OS2+. The molecule has 0 saturated carbocycles. The summed E-state index contributed by atoms with van der Waals surface area (Å²) in [6, 6.07) is 7.27. The molecule has 2 rings (SSSR count). The topological polar surface area (TPSA) is 61.8 Å². The van der Waals surface area contributed by atoms with Crippen LogP contribution in [0.25, 0.3) is 0 Å². The maximum absolute atomic E-state index is 5.83. The van der Waals surface area contributed by atoms with Crippen LogP contribution in [-0.2, 0) is 4.74 Å². The first-order chi connectivity index (χ1) is 11.1. The molecule has 9 heteroatoms. The van der Waals surface area contributed by atoms with Crippen LogP contribution in [0.2, 0.25) is 5.02 Å². The van der Waals surface area contributed by atoms with Crippen molar-refractivity contribution in [2.24, 2.45) is 0 Å². The van der Waals surface area contributed by atoms with Gasteiger partial charge in [-0.25, -0.2) is 0 Å². The number of hydrazine groups is 1. The van der Waals surface area contributed by atoms with Gasteiger partial charge in [0, 0.05) is 10.7 Å². The second kappa shape index (κ2) is 9.84. The van der Waals surface area contributed by atoms with E-state index in [0.29, 0.717) is 15.2 Å². The van der Waals surface area contributed by atoms with Crippen LogP contribution < -0.4 is 26.4 Å². The Bertz CT molecular complexity index is 522. The zero-order valence-corrected chi connectivity index (χ0v) is 15.0. The zero-order chi connectivity index (χ0) is 16.5. The SMILES string of the molecule is S=C(NCC[NH+]1CCOCC1)NNC(=S)Nc1ccc(Cl)cc1. The number of hydrogen-bond acceptors (Lipinski definition) is 3. The smallest absolute Gasteiger partial charge is 0.189 e. The first kappa shape index (κ1) is 18.2. The second-order valence-corrected chi connectivity index (χ2v) is 6.33. The Morgan fingerprint density at radius 1 is 1.09 bits per heavy atom. The Hall–Kier alpha value is -1.19. The molecule has 1 aliphatic rings. The highest BCUT2D eigenvalue weighted by molar-refractivity contribution is 7.80. The van der Waals surface area contributed by atoms with E-state index in [4.69, 9.17) is 40.8 Å². The van der Waals surface area contributed by atoms with Gasteiger partial charge in [0.15, 0.2) is 10.2 Å². The molecule has 1 heterocycles. The van der Waals surface area contributed by atoms with Gasteiger partial charge in [-0.2, -0.15) is 0 Å². The average Bonchev–Trinajstić information content (AvgIpc) is 2.56. The summed E-state index contributed by atoms with van der Waals surface area (Å²) in [4.78, 5) is 1.53. The van der Waals surface area contributed by atoms with Gasteiger partial charge >= 0.3 is 0 Å². The second-order valence-electron chi connectivity index (χ2n) is 5.08. The van der Waals surface area contributed by atoms with Crippen molar-refractivity contribution in [3.63, 3.8) is 0 Å². The molecule has 0 radical (unpaired) electrons. The predicted octanol–water partition coefficient (Wildman–Crippen LogP) is -0.0794. The summed E-state index contributed by atoms with van der Waals surface area (Å²) in [5, 5.41) is 7.79. The highest BCUT2D eigenvalue weighted by atomic mass is 35.5. The number of rotatable bonds is 4. The number of benzene rings is 1. The van der Waals surface area contributed by atoms with Crippen LogP contribution in [-0.4, -0.2) is 49.6 Å². The average molecular weight is 375 g/mol. The maximum Gasteiger partial charge on any atom is 0.189 e. The summed E-state index contributed by atoms with van der Waals surface area (Å²) < 4.78 is 5.33. The van der Waals surface area contributed by atoms with Crippen molar-refractivity contribution in [2.45, 2.75) is 0 Å². The van der Waals surface area contributed by atoms with Crippen LogP contribution >= 0.6 is 36.0 Å². The van der Waals surface area contributed by atoms with Crippen LogP contribution in [0.5, 0.6) is 0 Å². The minimum absolute atomic E-state index is 0.426. The quantitative estimate of drug-likeness (QED) is 0.373. The molecule has 1 aromatic rings.